The maximum absolute atomic E-state index is 5.76. The van der Waals surface area contributed by atoms with Crippen LogP contribution < -0.4 is 5.73 Å². The Labute approximate surface area is 95.1 Å². The molecule has 0 spiro atoms. The Morgan fingerprint density at radius 2 is 2.12 bits per heavy atom. The lowest BCUT2D eigenvalue weighted by Crippen LogP contribution is -2.06. The molecule has 0 bridgehead atoms. The monoisotopic (exact) mass is 216 g/mol. The number of nitrogens with two attached hydrogens (primary N) is 1. The van der Waals surface area contributed by atoms with Crippen molar-refractivity contribution in [3.8, 4) is 11.1 Å². The third-order valence-electron chi connectivity index (χ3n) is 2.58. The fraction of sp³-hybridized carbons (Fsp3) is 0.333. The summed E-state index contributed by atoms with van der Waals surface area (Å²) in [5.74, 6) is 0. The Hall–Kier alpha value is -1.68. The molecule has 4 heteroatoms. The predicted molar refractivity (Wildman–Crippen MR) is 63.8 cm³/mol. The minimum atomic E-state index is -0.0240. The van der Waals surface area contributed by atoms with Gasteiger partial charge in [-0.2, -0.15) is 5.10 Å². The Morgan fingerprint density at radius 3 is 2.56 bits per heavy atom. The molecule has 2 heterocycles. The molecule has 2 aromatic rings. The van der Waals surface area contributed by atoms with Gasteiger partial charge in [0.25, 0.3) is 0 Å². The number of hydrogen-bond acceptors (Lipinski definition) is 3. The second-order valence-corrected chi connectivity index (χ2v) is 4.06. The summed E-state index contributed by atoms with van der Waals surface area (Å²) in [6.07, 6.45) is 3.85. The molecule has 0 aliphatic heterocycles. The SMILES string of the molecule is Cc1nn(C)cc1-c1ccc([C@@H](C)N)nc1. The summed E-state index contributed by atoms with van der Waals surface area (Å²) in [6, 6.07) is 3.98. The first-order chi connectivity index (χ1) is 7.58. The zero-order valence-corrected chi connectivity index (χ0v) is 9.81. The molecule has 0 saturated carbocycles. The van der Waals surface area contributed by atoms with Crippen LogP contribution in [0.5, 0.6) is 0 Å². The number of pyridine rings is 1. The maximum atomic E-state index is 5.76. The van der Waals surface area contributed by atoms with Crippen LogP contribution in [-0.4, -0.2) is 14.8 Å². The summed E-state index contributed by atoms with van der Waals surface area (Å²) in [6.45, 7) is 3.92. The van der Waals surface area contributed by atoms with Crippen LogP contribution in [0.2, 0.25) is 0 Å². The Balaban J connectivity index is 2.38. The third kappa shape index (κ3) is 1.97. The fourth-order valence-corrected chi connectivity index (χ4v) is 1.72. The number of nitrogens with zero attached hydrogens (tertiary/aromatic N) is 3. The lowest BCUT2D eigenvalue weighted by molar-refractivity contribution is 0.756. The summed E-state index contributed by atoms with van der Waals surface area (Å²) < 4.78 is 1.81. The highest BCUT2D eigenvalue weighted by molar-refractivity contribution is 5.64. The van der Waals surface area contributed by atoms with Crippen LogP contribution in [0.4, 0.5) is 0 Å². The second kappa shape index (κ2) is 4.06. The zero-order valence-electron chi connectivity index (χ0n) is 9.81. The standard InChI is InChI=1S/C12H16N4/c1-8(13)12-5-4-10(6-14-12)11-7-16(3)15-9(11)2/h4-8H,13H2,1-3H3/t8-/m1/s1. The highest BCUT2D eigenvalue weighted by Gasteiger charge is 2.07. The average Bonchev–Trinajstić information content (AvgIpc) is 2.58. The van der Waals surface area contributed by atoms with Crippen LogP contribution in [0.3, 0.4) is 0 Å². The van der Waals surface area contributed by atoms with Gasteiger partial charge in [0.1, 0.15) is 0 Å². The quantitative estimate of drug-likeness (QED) is 0.833. The molecule has 0 saturated heterocycles. The molecule has 0 fully saturated rings. The van der Waals surface area contributed by atoms with Gasteiger partial charge in [0.15, 0.2) is 0 Å². The molecule has 16 heavy (non-hydrogen) atoms. The molecule has 0 aliphatic rings. The lowest BCUT2D eigenvalue weighted by atomic mass is 10.1. The largest absolute Gasteiger partial charge is 0.323 e. The predicted octanol–water partition coefficient (Wildman–Crippen LogP) is 1.81. The first-order valence-corrected chi connectivity index (χ1v) is 5.30. The fourth-order valence-electron chi connectivity index (χ4n) is 1.72. The minimum absolute atomic E-state index is 0.0240. The molecule has 0 unspecified atom stereocenters. The summed E-state index contributed by atoms with van der Waals surface area (Å²) in [4.78, 5) is 4.34. The van der Waals surface area contributed by atoms with Gasteiger partial charge < -0.3 is 5.73 Å². The Bertz CT molecular complexity index is 482. The van der Waals surface area contributed by atoms with E-state index in [1.807, 2.05) is 50.1 Å². The molecule has 0 aliphatic carbocycles. The molecule has 2 aromatic heterocycles. The van der Waals surface area contributed by atoms with Crippen LogP contribution in [-0.2, 0) is 7.05 Å². The van der Waals surface area contributed by atoms with E-state index in [0.717, 1.165) is 22.5 Å². The number of aryl methyl sites for hydroxylation is 2. The van der Waals surface area contributed by atoms with Gasteiger partial charge in [-0.1, -0.05) is 6.07 Å². The van der Waals surface area contributed by atoms with E-state index in [1.54, 1.807) is 0 Å². The van der Waals surface area contributed by atoms with Crippen molar-refractivity contribution in [3.05, 3.63) is 35.9 Å². The van der Waals surface area contributed by atoms with E-state index in [-0.39, 0.29) is 6.04 Å². The van der Waals surface area contributed by atoms with Crippen molar-refractivity contribution in [2.45, 2.75) is 19.9 Å². The van der Waals surface area contributed by atoms with Crippen LogP contribution in [0.25, 0.3) is 11.1 Å². The van der Waals surface area contributed by atoms with Gasteiger partial charge in [0, 0.05) is 36.6 Å². The molecule has 2 N–H and O–H groups in total. The van der Waals surface area contributed by atoms with Crippen LogP contribution in [0, 0.1) is 6.92 Å². The number of hydrogen-bond donors (Lipinski definition) is 1. The van der Waals surface area contributed by atoms with Gasteiger partial charge in [-0.3, -0.25) is 9.67 Å². The van der Waals surface area contributed by atoms with Crippen LogP contribution in [0.1, 0.15) is 24.4 Å². The molecule has 2 rings (SSSR count). The van der Waals surface area contributed by atoms with Crippen LogP contribution >= 0.6 is 0 Å². The molecule has 84 valence electrons. The van der Waals surface area contributed by atoms with Gasteiger partial charge in [-0.15, -0.1) is 0 Å². The van der Waals surface area contributed by atoms with Crippen molar-refractivity contribution in [1.29, 1.82) is 0 Å². The Morgan fingerprint density at radius 1 is 1.38 bits per heavy atom. The summed E-state index contributed by atoms with van der Waals surface area (Å²) in [5, 5.41) is 4.31. The molecule has 4 nitrogen and oxygen atoms in total. The third-order valence-corrected chi connectivity index (χ3v) is 2.58. The highest BCUT2D eigenvalue weighted by Crippen LogP contribution is 2.22. The van der Waals surface area contributed by atoms with Crippen molar-refractivity contribution in [3.63, 3.8) is 0 Å². The van der Waals surface area contributed by atoms with E-state index in [1.165, 1.54) is 0 Å². The molecular formula is C12H16N4. The highest BCUT2D eigenvalue weighted by atomic mass is 15.2. The Kier molecular flexibility index (Phi) is 2.75. The van der Waals surface area contributed by atoms with Crippen molar-refractivity contribution in [2.24, 2.45) is 12.8 Å². The molecular weight excluding hydrogens is 200 g/mol. The van der Waals surface area contributed by atoms with E-state index in [0.29, 0.717) is 0 Å². The number of rotatable bonds is 2. The molecule has 0 amide bonds. The van der Waals surface area contributed by atoms with E-state index in [9.17, 15) is 0 Å². The van der Waals surface area contributed by atoms with Crippen molar-refractivity contribution < 1.29 is 0 Å². The van der Waals surface area contributed by atoms with Crippen molar-refractivity contribution in [2.75, 3.05) is 0 Å². The van der Waals surface area contributed by atoms with Crippen molar-refractivity contribution >= 4 is 0 Å². The smallest absolute Gasteiger partial charge is 0.0672 e. The van der Waals surface area contributed by atoms with Gasteiger partial charge in [-0.25, -0.2) is 0 Å². The topological polar surface area (TPSA) is 56.7 Å². The van der Waals surface area contributed by atoms with Gasteiger partial charge in [0.05, 0.1) is 11.4 Å². The number of aromatic nitrogens is 3. The first-order valence-electron chi connectivity index (χ1n) is 5.30. The average molecular weight is 216 g/mol. The minimum Gasteiger partial charge on any atom is -0.323 e. The zero-order chi connectivity index (χ0) is 11.7. The summed E-state index contributed by atoms with van der Waals surface area (Å²) in [5.41, 5.74) is 9.87. The van der Waals surface area contributed by atoms with E-state index in [4.69, 9.17) is 5.73 Å². The van der Waals surface area contributed by atoms with Gasteiger partial charge in [-0.05, 0) is 19.9 Å². The van der Waals surface area contributed by atoms with E-state index in [2.05, 4.69) is 10.1 Å². The summed E-state index contributed by atoms with van der Waals surface area (Å²) in [7, 11) is 1.92. The molecule has 0 aromatic carbocycles. The van der Waals surface area contributed by atoms with E-state index < -0.39 is 0 Å². The first kappa shape index (κ1) is 10.8. The second-order valence-electron chi connectivity index (χ2n) is 4.06. The normalized spacial score (nSPS) is 12.8. The maximum Gasteiger partial charge on any atom is 0.0672 e. The van der Waals surface area contributed by atoms with E-state index >= 15 is 0 Å². The van der Waals surface area contributed by atoms with Crippen molar-refractivity contribution in [1.82, 2.24) is 14.8 Å². The van der Waals surface area contributed by atoms with Gasteiger partial charge >= 0.3 is 0 Å². The van der Waals surface area contributed by atoms with Crippen LogP contribution in [0.15, 0.2) is 24.5 Å². The lowest BCUT2D eigenvalue weighted by Gasteiger charge is -2.05. The molecule has 1 atom stereocenters. The molecule has 0 radical (unpaired) electrons. The summed E-state index contributed by atoms with van der Waals surface area (Å²) >= 11 is 0. The van der Waals surface area contributed by atoms with Gasteiger partial charge in [0.2, 0.25) is 0 Å².